The second-order valence-electron chi connectivity index (χ2n) is 6.48. The van der Waals surface area contributed by atoms with Crippen molar-refractivity contribution in [1.82, 2.24) is 14.8 Å². The average molecular weight is 342 g/mol. The Bertz CT molecular complexity index is 691. The molecule has 0 amide bonds. The van der Waals surface area contributed by atoms with E-state index >= 15 is 0 Å². The summed E-state index contributed by atoms with van der Waals surface area (Å²) in [6.07, 6.45) is 2.05. The van der Waals surface area contributed by atoms with Gasteiger partial charge in [-0.2, -0.15) is 0 Å². The van der Waals surface area contributed by atoms with Gasteiger partial charge in [-0.3, -0.25) is 4.99 Å². The van der Waals surface area contributed by atoms with Crippen LogP contribution in [0, 0.1) is 0 Å². The summed E-state index contributed by atoms with van der Waals surface area (Å²) in [4.78, 5) is 6.46. The maximum Gasteiger partial charge on any atom is 0.193 e. The molecule has 0 saturated heterocycles. The van der Waals surface area contributed by atoms with E-state index in [4.69, 9.17) is 4.74 Å². The summed E-state index contributed by atoms with van der Waals surface area (Å²) in [6, 6.07) is 12.4. The molecule has 0 atom stereocenters. The molecule has 1 N–H and O–H groups in total. The zero-order valence-corrected chi connectivity index (χ0v) is 16.0. The number of hydrogen-bond donors (Lipinski definition) is 1. The molecule has 0 bridgehead atoms. The molecule has 5 heteroatoms. The number of para-hydroxylation sites is 1. The monoisotopic (exact) mass is 342 g/mol. The Kier molecular flexibility index (Phi) is 6.92. The quantitative estimate of drug-likeness (QED) is 0.477. The molecule has 1 aromatic heterocycles. The lowest BCUT2D eigenvalue weighted by Crippen LogP contribution is -2.40. The maximum absolute atomic E-state index is 5.96. The predicted molar refractivity (Wildman–Crippen MR) is 104 cm³/mol. The molecule has 0 spiro atoms. The van der Waals surface area contributed by atoms with Crippen molar-refractivity contribution in [3.63, 3.8) is 0 Å². The molecule has 0 aliphatic carbocycles. The van der Waals surface area contributed by atoms with Gasteiger partial charge in [0.2, 0.25) is 0 Å². The SMILES string of the molecule is CN=C(NCCOc1ccccc1C(C)C)N(C)Cc1cccn1C. The molecule has 0 aliphatic rings. The van der Waals surface area contributed by atoms with E-state index in [1.54, 1.807) is 7.05 Å². The van der Waals surface area contributed by atoms with E-state index in [9.17, 15) is 0 Å². The Labute approximate surface area is 151 Å². The van der Waals surface area contributed by atoms with Crippen LogP contribution in [0.2, 0.25) is 0 Å². The lowest BCUT2D eigenvalue weighted by molar-refractivity contribution is 0.314. The minimum Gasteiger partial charge on any atom is -0.491 e. The first-order chi connectivity index (χ1) is 12.0. The zero-order chi connectivity index (χ0) is 18.2. The van der Waals surface area contributed by atoms with Gasteiger partial charge in [0.05, 0.1) is 13.1 Å². The van der Waals surface area contributed by atoms with Gasteiger partial charge in [-0.05, 0) is 29.7 Å². The van der Waals surface area contributed by atoms with Crippen molar-refractivity contribution in [2.45, 2.75) is 26.3 Å². The number of nitrogens with zero attached hydrogens (tertiary/aromatic N) is 3. The fraction of sp³-hybridized carbons (Fsp3) is 0.450. The third kappa shape index (κ3) is 5.28. The van der Waals surface area contributed by atoms with E-state index in [0.717, 1.165) is 18.3 Å². The lowest BCUT2D eigenvalue weighted by atomic mass is 10.0. The van der Waals surface area contributed by atoms with E-state index in [-0.39, 0.29) is 0 Å². The van der Waals surface area contributed by atoms with Crippen LogP contribution in [-0.2, 0) is 13.6 Å². The number of nitrogens with one attached hydrogen (secondary N) is 1. The Morgan fingerprint density at radius 2 is 2.00 bits per heavy atom. The average Bonchev–Trinajstić information content (AvgIpc) is 3.00. The summed E-state index contributed by atoms with van der Waals surface area (Å²) < 4.78 is 8.08. The Hall–Kier alpha value is -2.43. The smallest absolute Gasteiger partial charge is 0.193 e. The van der Waals surface area contributed by atoms with Crippen LogP contribution in [0.15, 0.2) is 47.6 Å². The molecule has 0 unspecified atom stereocenters. The van der Waals surface area contributed by atoms with Crippen LogP contribution in [0.1, 0.15) is 31.0 Å². The molecule has 25 heavy (non-hydrogen) atoms. The van der Waals surface area contributed by atoms with Gasteiger partial charge in [0, 0.05) is 33.0 Å². The Balaban J connectivity index is 1.83. The number of aromatic nitrogens is 1. The number of benzene rings is 1. The van der Waals surface area contributed by atoms with Crippen molar-refractivity contribution in [3.8, 4) is 5.75 Å². The largest absolute Gasteiger partial charge is 0.491 e. The second-order valence-corrected chi connectivity index (χ2v) is 6.48. The first-order valence-electron chi connectivity index (χ1n) is 8.76. The fourth-order valence-electron chi connectivity index (χ4n) is 2.78. The van der Waals surface area contributed by atoms with Crippen LogP contribution in [-0.4, -0.2) is 42.7 Å². The molecule has 5 nitrogen and oxygen atoms in total. The molecule has 1 heterocycles. The minimum absolute atomic E-state index is 0.452. The standard InChI is InChI=1S/C20H30N4O/c1-16(2)18-10-6-7-11-19(18)25-14-12-22-20(21-3)24(5)15-17-9-8-13-23(17)4/h6-11,13,16H,12,14-15H2,1-5H3,(H,21,22). The molecular formula is C20H30N4O. The first kappa shape index (κ1) is 18.9. The number of hydrogen-bond acceptors (Lipinski definition) is 2. The Morgan fingerprint density at radius 1 is 1.24 bits per heavy atom. The van der Waals surface area contributed by atoms with Crippen LogP contribution >= 0.6 is 0 Å². The van der Waals surface area contributed by atoms with Crippen molar-refractivity contribution < 1.29 is 4.74 Å². The highest BCUT2D eigenvalue weighted by atomic mass is 16.5. The van der Waals surface area contributed by atoms with E-state index in [1.165, 1.54) is 11.3 Å². The van der Waals surface area contributed by atoms with Crippen molar-refractivity contribution in [3.05, 3.63) is 53.9 Å². The van der Waals surface area contributed by atoms with E-state index in [0.29, 0.717) is 19.1 Å². The van der Waals surface area contributed by atoms with Gasteiger partial charge in [-0.15, -0.1) is 0 Å². The van der Waals surface area contributed by atoms with Crippen LogP contribution in [0.4, 0.5) is 0 Å². The van der Waals surface area contributed by atoms with E-state index in [1.807, 2.05) is 19.2 Å². The Morgan fingerprint density at radius 3 is 2.64 bits per heavy atom. The lowest BCUT2D eigenvalue weighted by Gasteiger charge is -2.22. The molecule has 2 rings (SSSR count). The van der Waals surface area contributed by atoms with Crippen molar-refractivity contribution in [1.29, 1.82) is 0 Å². The van der Waals surface area contributed by atoms with Crippen molar-refractivity contribution in [2.75, 3.05) is 27.2 Å². The van der Waals surface area contributed by atoms with Crippen molar-refractivity contribution >= 4 is 5.96 Å². The molecule has 0 saturated carbocycles. The van der Waals surface area contributed by atoms with Gasteiger partial charge in [0.15, 0.2) is 5.96 Å². The highest BCUT2D eigenvalue weighted by Gasteiger charge is 2.09. The third-order valence-corrected chi connectivity index (χ3v) is 4.21. The molecule has 2 aromatic rings. The second kappa shape index (κ2) is 9.16. The fourth-order valence-corrected chi connectivity index (χ4v) is 2.78. The topological polar surface area (TPSA) is 41.8 Å². The number of aryl methyl sites for hydroxylation is 1. The van der Waals surface area contributed by atoms with Crippen LogP contribution < -0.4 is 10.1 Å². The number of rotatable bonds is 7. The highest BCUT2D eigenvalue weighted by Crippen LogP contribution is 2.25. The van der Waals surface area contributed by atoms with Gasteiger partial charge in [-0.1, -0.05) is 32.0 Å². The van der Waals surface area contributed by atoms with Crippen LogP contribution in [0.5, 0.6) is 5.75 Å². The normalized spacial score (nSPS) is 11.7. The summed E-state index contributed by atoms with van der Waals surface area (Å²) in [6.45, 7) is 6.47. The van der Waals surface area contributed by atoms with Gasteiger partial charge in [0.25, 0.3) is 0 Å². The number of guanidine groups is 1. The van der Waals surface area contributed by atoms with Crippen LogP contribution in [0.3, 0.4) is 0 Å². The van der Waals surface area contributed by atoms with Crippen molar-refractivity contribution in [2.24, 2.45) is 12.0 Å². The van der Waals surface area contributed by atoms with Gasteiger partial charge in [0.1, 0.15) is 12.4 Å². The molecular weight excluding hydrogens is 312 g/mol. The van der Waals surface area contributed by atoms with Gasteiger partial charge in [-0.25, -0.2) is 0 Å². The summed E-state index contributed by atoms with van der Waals surface area (Å²) in [5.74, 6) is 2.28. The van der Waals surface area contributed by atoms with Gasteiger partial charge < -0.3 is 19.5 Å². The zero-order valence-electron chi connectivity index (χ0n) is 16.0. The summed E-state index contributed by atoms with van der Waals surface area (Å²) in [5, 5.41) is 3.36. The third-order valence-electron chi connectivity index (χ3n) is 4.21. The molecule has 1 aromatic carbocycles. The number of aliphatic imine (C=N–C) groups is 1. The maximum atomic E-state index is 5.96. The summed E-state index contributed by atoms with van der Waals surface area (Å²) in [5.41, 5.74) is 2.49. The molecule has 0 radical (unpaired) electrons. The first-order valence-corrected chi connectivity index (χ1v) is 8.76. The molecule has 0 fully saturated rings. The summed E-state index contributed by atoms with van der Waals surface area (Å²) in [7, 11) is 5.90. The highest BCUT2D eigenvalue weighted by molar-refractivity contribution is 5.79. The van der Waals surface area contributed by atoms with Gasteiger partial charge >= 0.3 is 0 Å². The van der Waals surface area contributed by atoms with E-state index < -0.39 is 0 Å². The summed E-state index contributed by atoms with van der Waals surface area (Å²) >= 11 is 0. The number of ether oxygens (including phenoxy) is 1. The molecule has 0 aliphatic heterocycles. The predicted octanol–water partition coefficient (Wildman–Crippen LogP) is 3.23. The minimum atomic E-state index is 0.452. The van der Waals surface area contributed by atoms with E-state index in [2.05, 4.69) is 71.1 Å². The molecule has 136 valence electrons. The van der Waals surface area contributed by atoms with Crippen LogP contribution in [0.25, 0.3) is 0 Å².